The van der Waals surface area contributed by atoms with Gasteiger partial charge in [-0.1, -0.05) is 49.4 Å². The largest absolute Gasteiger partial charge is 0.494 e. The number of halogens is 1. The smallest absolute Gasteiger partial charge is 0.272 e. The van der Waals surface area contributed by atoms with Crippen molar-refractivity contribution >= 4 is 57.7 Å². The van der Waals surface area contributed by atoms with Crippen molar-refractivity contribution in [3.8, 4) is 17.0 Å². The number of amides is 3. The molecule has 1 heterocycles. The third-order valence-electron chi connectivity index (χ3n) is 6.96. The number of thiazole rings is 1. The lowest BCUT2D eigenvalue weighted by Crippen LogP contribution is -2.30. The van der Waals surface area contributed by atoms with Gasteiger partial charge in [0, 0.05) is 32.7 Å². The predicted octanol–water partition coefficient (Wildman–Crippen LogP) is 8.27. The Bertz CT molecular complexity index is 1910. The van der Waals surface area contributed by atoms with Gasteiger partial charge in [0.1, 0.15) is 17.3 Å². The van der Waals surface area contributed by atoms with Crippen LogP contribution in [-0.4, -0.2) is 34.6 Å². The molecule has 0 fully saturated rings. The first-order valence-electron chi connectivity index (χ1n) is 15.2. The molecule has 3 N–H and O–H groups in total. The Balaban J connectivity index is 1.26. The van der Waals surface area contributed by atoms with Crippen LogP contribution in [0.3, 0.4) is 0 Å². The monoisotopic (exact) mass is 680 g/mol. The van der Waals surface area contributed by atoms with E-state index in [4.69, 9.17) is 4.74 Å². The molecule has 5 rings (SSSR count). The van der Waals surface area contributed by atoms with Crippen molar-refractivity contribution < 1.29 is 23.5 Å². The van der Waals surface area contributed by atoms with E-state index >= 15 is 0 Å². The molecule has 0 aliphatic carbocycles. The van der Waals surface area contributed by atoms with Crippen LogP contribution in [0.2, 0.25) is 0 Å². The van der Waals surface area contributed by atoms with E-state index in [2.05, 4.69) is 20.9 Å². The highest BCUT2D eigenvalue weighted by Gasteiger charge is 2.21. The standard InChI is InChI=1S/C37H33FN4O4S2/c1-3-33(36(45)42-37-41-32(23-47-37)24-17-19-28(20-18-24)46-4-2)48-29-15-10-14-27(22-29)39-35(44)31(21-26-13-8-9-16-30(26)38)40-34(43)25-11-6-5-7-12-25/h5-23,33H,3-4H2,1-2H3,(H,39,44)(H,40,43)(H,41,42,45)/b31-21-. The topological polar surface area (TPSA) is 109 Å². The summed E-state index contributed by atoms with van der Waals surface area (Å²) in [5.74, 6) is -1.10. The van der Waals surface area contributed by atoms with E-state index < -0.39 is 22.9 Å². The normalized spacial score (nSPS) is 11.8. The third-order valence-corrected chi connectivity index (χ3v) is 9.08. The van der Waals surface area contributed by atoms with Gasteiger partial charge in [-0.25, -0.2) is 9.37 Å². The van der Waals surface area contributed by atoms with Gasteiger partial charge in [-0.15, -0.1) is 23.1 Å². The molecule has 1 unspecified atom stereocenters. The molecule has 244 valence electrons. The van der Waals surface area contributed by atoms with E-state index in [1.807, 2.05) is 49.6 Å². The average Bonchev–Trinajstić information content (AvgIpc) is 3.57. The van der Waals surface area contributed by atoms with Crippen molar-refractivity contribution in [2.45, 2.75) is 30.4 Å². The van der Waals surface area contributed by atoms with Gasteiger partial charge in [-0.2, -0.15) is 0 Å². The Morgan fingerprint density at radius 1 is 0.917 bits per heavy atom. The number of hydrogen-bond donors (Lipinski definition) is 3. The van der Waals surface area contributed by atoms with Gasteiger partial charge < -0.3 is 20.7 Å². The molecule has 5 aromatic rings. The predicted molar refractivity (Wildman–Crippen MR) is 191 cm³/mol. The minimum absolute atomic E-state index is 0.133. The molecule has 0 aliphatic heterocycles. The molecule has 1 aromatic heterocycles. The molecule has 0 aliphatic rings. The second-order valence-corrected chi connectivity index (χ2v) is 12.5. The molecule has 1 atom stereocenters. The second-order valence-electron chi connectivity index (χ2n) is 10.4. The maximum Gasteiger partial charge on any atom is 0.272 e. The number of anilines is 2. The molecule has 0 spiro atoms. The molecule has 3 amide bonds. The highest BCUT2D eigenvalue weighted by atomic mass is 32.2. The van der Waals surface area contributed by atoms with E-state index in [9.17, 15) is 18.8 Å². The van der Waals surface area contributed by atoms with Crippen molar-refractivity contribution in [1.29, 1.82) is 0 Å². The van der Waals surface area contributed by atoms with Gasteiger partial charge in [0.25, 0.3) is 11.8 Å². The van der Waals surface area contributed by atoms with Crippen LogP contribution in [0, 0.1) is 5.82 Å². The number of nitrogens with one attached hydrogen (secondary N) is 3. The maximum absolute atomic E-state index is 14.5. The SMILES string of the molecule is CCOc1ccc(-c2csc(NC(=O)C(CC)Sc3cccc(NC(=O)/C(=C/c4ccccc4F)NC(=O)c4ccccc4)c3)n2)cc1. The van der Waals surface area contributed by atoms with Crippen LogP contribution < -0.4 is 20.7 Å². The Labute approximate surface area is 286 Å². The molecule has 4 aromatic carbocycles. The quantitative estimate of drug-likeness (QED) is 0.0854. The van der Waals surface area contributed by atoms with Crippen LogP contribution in [0.1, 0.15) is 36.2 Å². The lowest BCUT2D eigenvalue weighted by atomic mass is 10.1. The number of aromatic nitrogens is 1. The minimum atomic E-state index is -0.637. The zero-order valence-electron chi connectivity index (χ0n) is 26.2. The highest BCUT2D eigenvalue weighted by molar-refractivity contribution is 8.00. The molecule has 0 radical (unpaired) electrons. The van der Waals surface area contributed by atoms with Gasteiger partial charge in [0.05, 0.1) is 17.6 Å². The van der Waals surface area contributed by atoms with Gasteiger partial charge in [-0.3, -0.25) is 14.4 Å². The Morgan fingerprint density at radius 3 is 2.40 bits per heavy atom. The summed E-state index contributed by atoms with van der Waals surface area (Å²) in [4.78, 5) is 45.0. The molecule has 0 saturated carbocycles. The second kappa shape index (κ2) is 16.5. The number of benzene rings is 4. The lowest BCUT2D eigenvalue weighted by molar-refractivity contribution is -0.116. The van der Waals surface area contributed by atoms with E-state index in [0.29, 0.717) is 29.4 Å². The van der Waals surface area contributed by atoms with Gasteiger partial charge in [0.2, 0.25) is 5.91 Å². The van der Waals surface area contributed by atoms with Gasteiger partial charge in [-0.05, 0) is 80.1 Å². The molecule has 48 heavy (non-hydrogen) atoms. The fraction of sp³-hybridized carbons (Fsp3) is 0.135. The lowest BCUT2D eigenvalue weighted by Gasteiger charge is -2.15. The number of ether oxygens (including phenoxy) is 1. The van der Waals surface area contributed by atoms with Gasteiger partial charge in [0.15, 0.2) is 5.13 Å². The number of rotatable bonds is 13. The van der Waals surface area contributed by atoms with Crippen LogP contribution >= 0.6 is 23.1 Å². The van der Waals surface area contributed by atoms with Crippen LogP contribution in [0.25, 0.3) is 17.3 Å². The van der Waals surface area contributed by atoms with Crippen molar-refractivity contribution in [2.24, 2.45) is 0 Å². The van der Waals surface area contributed by atoms with Crippen LogP contribution in [0.4, 0.5) is 15.2 Å². The van der Waals surface area contributed by atoms with Crippen molar-refractivity contribution in [2.75, 3.05) is 17.2 Å². The van der Waals surface area contributed by atoms with Crippen LogP contribution in [-0.2, 0) is 9.59 Å². The summed E-state index contributed by atoms with van der Waals surface area (Å²) in [5, 5.41) is 10.3. The van der Waals surface area contributed by atoms with Crippen LogP contribution in [0.5, 0.6) is 5.75 Å². The molecule has 0 bridgehead atoms. The summed E-state index contributed by atoms with van der Waals surface area (Å²) >= 11 is 2.70. The van der Waals surface area contributed by atoms with E-state index in [-0.39, 0.29) is 17.2 Å². The number of hydrogen-bond acceptors (Lipinski definition) is 7. The van der Waals surface area contributed by atoms with E-state index in [1.54, 1.807) is 60.7 Å². The summed E-state index contributed by atoms with van der Waals surface area (Å²) in [5.41, 5.74) is 2.47. The number of carbonyl (C=O) groups excluding carboxylic acids is 3. The molecular formula is C37H33FN4O4S2. The summed E-state index contributed by atoms with van der Waals surface area (Å²) in [7, 11) is 0. The fourth-order valence-electron chi connectivity index (χ4n) is 4.56. The van der Waals surface area contributed by atoms with Crippen molar-refractivity contribution in [3.63, 3.8) is 0 Å². The summed E-state index contributed by atoms with van der Waals surface area (Å²) in [6, 6.07) is 29.1. The molecule has 8 nitrogen and oxygen atoms in total. The Hall–Kier alpha value is -5.26. The van der Waals surface area contributed by atoms with E-state index in [1.165, 1.54) is 41.3 Å². The molecule has 11 heteroatoms. The minimum Gasteiger partial charge on any atom is -0.494 e. The average molecular weight is 681 g/mol. The summed E-state index contributed by atoms with van der Waals surface area (Å²) in [6.07, 6.45) is 1.84. The van der Waals surface area contributed by atoms with Crippen molar-refractivity contribution in [1.82, 2.24) is 10.3 Å². The maximum atomic E-state index is 14.5. The third kappa shape index (κ3) is 9.18. The molecular weight excluding hydrogens is 648 g/mol. The Kier molecular flexibility index (Phi) is 11.7. The first-order valence-corrected chi connectivity index (χ1v) is 17.0. The number of thioether (sulfide) groups is 1. The first kappa shape index (κ1) is 34.1. The summed E-state index contributed by atoms with van der Waals surface area (Å²) < 4.78 is 20.0. The summed E-state index contributed by atoms with van der Waals surface area (Å²) in [6.45, 7) is 4.44. The van der Waals surface area contributed by atoms with Crippen LogP contribution in [0.15, 0.2) is 119 Å². The van der Waals surface area contributed by atoms with Crippen molar-refractivity contribution in [3.05, 3.63) is 131 Å². The first-order chi connectivity index (χ1) is 23.3. The van der Waals surface area contributed by atoms with E-state index in [0.717, 1.165) is 21.9 Å². The number of nitrogens with zero attached hydrogens (tertiary/aromatic N) is 1. The zero-order chi connectivity index (χ0) is 33.9. The highest BCUT2D eigenvalue weighted by Crippen LogP contribution is 2.31. The zero-order valence-corrected chi connectivity index (χ0v) is 27.9. The van der Waals surface area contributed by atoms with Gasteiger partial charge >= 0.3 is 0 Å². The number of carbonyl (C=O) groups is 3. The fourth-order valence-corrected chi connectivity index (χ4v) is 6.30. The Morgan fingerprint density at radius 2 is 1.67 bits per heavy atom. The molecule has 0 saturated heterocycles.